The molecule has 118 valence electrons. The molecule has 1 aromatic carbocycles. The zero-order valence-corrected chi connectivity index (χ0v) is 13.6. The lowest BCUT2D eigenvalue weighted by atomic mass is 9.89. The van der Waals surface area contributed by atoms with E-state index in [9.17, 15) is 9.90 Å². The molecule has 0 aliphatic heterocycles. The van der Waals surface area contributed by atoms with Gasteiger partial charge in [-0.25, -0.2) is 0 Å². The number of nitrogens with zero attached hydrogens (tertiary/aromatic N) is 1. The van der Waals surface area contributed by atoms with Crippen molar-refractivity contribution < 1.29 is 9.90 Å². The van der Waals surface area contributed by atoms with Gasteiger partial charge in [0.2, 0.25) is 0 Å². The molecule has 1 heterocycles. The molecule has 2 aromatic rings. The van der Waals surface area contributed by atoms with Gasteiger partial charge in [-0.1, -0.05) is 50.6 Å². The molecule has 0 aliphatic rings. The fourth-order valence-corrected chi connectivity index (χ4v) is 2.15. The minimum absolute atomic E-state index is 0.176. The fraction of sp³-hybridized carbons (Fsp3) is 0.375. The van der Waals surface area contributed by atoms with E-state index in [1.807, 2.05) is 39.0 Å². The maximum atomic E-state index is 12.3. The number of carbonyl (C=O) groups is 1. The summed E-state index contributed by atoms with van der Waals surface area (Å²) >= 11 is 6.16. The van der Waals surface area contributed by atoms with Crippen LogP contribution in [0.3, 0.4) is 0 Å². The standard InChI is InChI=1S/C16H20ClN3O2/c1-16(2,3)13(21)9-18-15(22)11-8-19-20-14(11)10-6-4-5-7-12(10)17/h4-8,13,21H,9H2,1-3H3,(H,18,22)(H,19,20). The van der Waals surface area contributed by atoms with E-state index in [-0.39, 0.29) is 17.9 Å². The Morgan fingerprint density at radius 3 is 2.73 bits per heavy atom. The Morgan fingerprint density at radius 1 is 1.41 bits per heavy atom. The van der Waals surface area contributed by atoms with E-state index < -0.39 is 6.10 Å². The maximum Gasteiger partial charge on any atom is 0.255 e. The van der Waals surface area contributed by atoms with Crippen molar-refractivity contribution in [1.82, 2.24) is 15.5 Å². The third kappa shape index (κ3) is 3.67. The SMILES string of the molecule is CC(C)(C)C(O)CNC(=O)c1cn[nH]c1-c1ccccc1Cl. The molecular weight excluding hydrogens is 302 g/mol. The van der Waals surface area contributed by atoms with E-state index in [1.54, 1.807) is 6.07 Å². The molecule has 1 unspecified atom stereocenters. The number of aliphatic hydroxyl groups is 1. The number of aliphatic hydroxyl groups excluding tert-OH is 1. The van der Waals surface area contributed by atoms with Crippen molar-refractivity contribution in [2.75, 3.05) is 6.54 Å². The van der Waals surface area contributed by atoms with E-state index >= 15 is 0 Å². The Labute approximate surface area is 134 Å². The molecule has 0 saturated heterocycles. The topological polar surface area (TPSA) is 78.0 Å². The summed E-state index contributed by atoms with van der Waals surface area (Å²) < 4.78 is 0. The largest absolute Gasteiger partial charge is 0.391 e. The lowest BCUT2D eigenvalue weighted by Gasteiger charge is -2.25. The molecule has 1 aromatic heterocycles. The predicted octanol–water partition coefficient (Wildman–Crippen LogP) is 2.87. The number of H-pyrrole nitrogens is 1. The van der Waals surface area contributed by atoms with Crippen molar-refractivity contribution in [3.05, 3.63) is 41.0 Å². The van der Waals surface area contributed by atoms with E-state index in [1.165, 1.54) is 6.20 Å². The number of benzene rings is 1. The lowest BCUT2D eigenvalue weighted by molar-refractivity contribution is 0.0587. The van der Waals surface area contributed by atoms with Crippen molar-refractivity contribution in [3.8, 4) is 11.3 Å². The van der Waals surface area contributed by atoms with Crippen LogP contribution < -0.4 is 5.32 Å². The Hall–Kier alpha value is -1.85. The molecule has 0 fully saturated rings. The number of hydrogen-bond acceptors (Lipinski definition) is 3. The van der Waals surface area contributed by atoms with Gasteiger partial charge in [0.25, 0.3) is 5.91 Å². The predicted molar refractivity (Wildman–Crippen MR) is 86.8 cm³/mol. The summed E-state index contributed by atoms with van der Waals surface area (Å²) in [5.74, 6) is -0.299. The lowest BCUT2D eigenvalue weighted by Crippen LogP contribution is -2.39. The second-order valence-corrected chi connectivity index (χ2v) is 6.64. The Bertz CT molecular complexity index is 661. The Kier molecular flexibility index (Phi) is 4.88. The van der Waals surface area contributed by atoms with Gasteiger partial charge in [-0.15, -0.1) is 0 Å². The average molecular weight is 322 g/mol. The molecule has 22 heavy (non-hydrogen) atoms. The average Bonchev–Trinajstić information content (AvgIpc) is 2.93. The second-order valence-electron chi connectivity index (χ2n) is 6.23. The maximum absolute atomic E-state index is 12.3. The number of aromatic nitrogens is 2. The zero-order chi connectivity index (χ0) is 16.3. The summed E-state index contributed by atoms with van der Waals surface area (Å²) in [4.78, 5) is 12.3. The molecule has 3 N–H and O–H groups in total. The first-order valence-electron chi connectivity index (χ1n) is 7.05. The number of halogens is 1. The number of rotatable bonds is 4. The molecule has 6 heteroatoms. The van der Waals surface area contributed by atoms with Crippen molar-refractivity contribution in [3.63, 3.8) is 0 Å². The van der Waals surface area contributed by atoms with E-state index in [0.717, 1.165) is 0 Å². The minimum atomic E-state index is -0.632. The van der Waals surface area contributed by atoms with Crippen LogP contribution in [0.15, 0.2) is 30.5 Å². The van der Waals surface area contributed by atoms with Crippen LogP contribution in [0.5, 0.6) is 0 Å². The molecule has 0 spiro atoms. The fourth-order valence-electron chi connectivity index (χ4n) is 1.92. The van der Waals surface area contributed by atoms with Gasteiger partial charge in [0.15, 0.2) is 0 Å². The van der Waals surface area contributed by atoms with Crippen molar-refractivity contribution >= 4 is 17.5 Å². The number of aromatic amines is 1. The zero-order valence-electron chi connectivity index (χ0n) is 12.9. The minimum Gasteiger partial charge on any atom is -0.391 e. The quantitative estimate of drug-likeness (QED) is 0.810. The smallest absolute Gasteiger partial charge is 0.255 e. The summed E-state index contributed by atoms with van der Waals surface area (Å²) in [6.45, 7) is 5.92. The van der Waals surface area contributed by atoms with Crippen LogP contribution in [0.25, 0.3) is 11.3 Å². The molecule has 1 amide bonds. The van der Waals surface area contributed by atoms with Crippen LogP contribution in [0.4, 0.5) is 0 Å². The van der Waals surface area contributed by atoms with Crippen LogP contribution in [0.2, 0.25) is 5.02 Å². The first kappa shape index (κ1) is 16.5. The molecule has 0 radical (unpaired) electrons. The van der Waals surface area contributed by atoms with Crippen LogP contribution in [-0.4, -0.2) is 33.9 Å². The first-order chi connectivity index (χ1) is 10.3. The summed E-state index contributed by atoms with van der Waals surface area (Å²) in [5, 5.41) is 20.0. The van der Waals surface area contributed by atoms with Crippen molar-refractivity contribution in [2.24, 2.45) is 5.41 Å². The summed E-state index contributed by atoms with van der Waals surface area (Å²) in [6, 6.07) is 7.23. The van der Waals surface area contributed by atoms with Gasteiger partial charge < -0.3 is 10.4 Å². The highest BCUT2D eigenvalue weighted by Crippen LogP contribution is 2.28. The molecule has 2 rings (SSSR count). The van der Waals surface area contributed by atoms with Crippen LogP contribution >= 0.6 is 11.6 Å². The molecule has 0 bridgehead atoms. The normalized spacial score (nSPS) is 13.0. The summed E-state index contributed by atoms with van der Waals surface area (Å²) in [7, 11) is 0. The number of carbonyl (C=O) groups excluding carboxylic acids is 1. The highest BCUT2D eigenvalue weighted by molar-refractivity contribution is 6.33. The van der Waals surface area contributed by atoms with Crippen LogP contribution in [0.1, 0.15) is 31.1 Å². The van der Waals surface area contributed by atoms with E-state index in [0.29, 0.717) is 21.8 Å². The third-order valence-corrected chi connectivity index (χ3v) is 3.81. The second kappa shape index (κ2) is 6.50. The highest BCUT2D eigenvalue weighted by Gasteiger charge is 2.24. The third-order valence-electron chi connectivity index (χ3n) is 3.48. The molecule has 0 aliphatic carbocycles. The van der Waals surface area contributed by atoms with Crippen LogP contribution in [-0.2, 0) is 0 Å². The van der Waals surface area contributed by atoms with Gasteiger partial charge in [-0.3, -0.25) is 9.89 Å². The van der Waals surface area contributed by atoms with Gasteiger partial charge in [0, 0.05) is 17.1 Å². The van der Waals surface area contributed by atoms with Gasteiger partial charge in [0.1, 0.15) is 0 Å². The summed E-state index contributed by atoms with van der Waals surface area (Å²) in [6.07, 6.45) is 0.824. The number of amides is 1. The number of nitrogens with one attached hydrogen (secondary N) is 2. The summed E-state index contributed by atoms with van der Waals surface area (Å²) in [5.41, 5.74) is 1.38. The Morgan fingerprint density at radius 2 is 2.09 bits per heavy atom. The van der Waals surface area contributed by atoms with E-state index in [2.05, 4.69) is 15.5 Å². The highest BCUT2D eigenvalue weighted by atomic mass is 35.5. The van der Waals surface area contributed by atoms with Gasteiger partial charge in [-0.05, 0) is 11.5 Å². The molecule has 0 saturated carbocycles. The van der Waals surface area contributed by atoms with Gasteiger partial charge in [0.05, 0.1) is 23.6 Å². The number of hydrogen-bond donors (Lipinski definition) is 3. The monoisotopic (exact) mass is 321 g/mol. The van der Waals surface area contributed by atoms with Crippen molar-refractivity contribution in [2.45, 2.75) is 26.9 Å². The first-order valence-corrected chi connectivity index (χ1v) is 7.43. The van der Waals surface area contributed by atoms with Gasteiger partial charge in [-0.2, -0.15) is 5.10 Å². The van der Waals surface area contributed by atoms with Crippen LogP contribution in [0, 0.1) is 5.41 Å². The molecule has 5 nitrogen and oxygen atoms in total. The molecule has 1 atom stereocenters. The van der Waals surface area contributed by atoms with Crippen molar-refractivity contribution in [1.29, 1.82) is 0 Å². The van der Waals surface area contributed by atoms with E-state index in [4.69, 9.17) is 11.6 Å². The molecular formula is C16H20ClN3O2. The van der Waals surface area contributed by atoms with Gasteiger partial charge >= 0.3 is 0 Å². The Balaban J connectivity index is 2.16.